The smallest absolute Gasteiger partial charge is 0.117 e. The number of piperazine rings is 1. The van der Waals surface area contributed by atoms with E-state index in [1.165, 1.54) is 0 Å². The van der Waals surface area contributed by atoms with E-state index in [1.807, 2.05) is 12.1 Å². The van der Waals surface area contributed by atoms with E-state index in [9.17, 15) is 0 Å². The predicted molar refractivity (Wildman–Crippen MR) is 68.9 cm³/mol. The van der Waals surface area contributed by atoms with Gasteiger partial charge in [-0.05, 0) is 26.0 Å². The molecule has 0 amide bonds. The maximum atomic E-state index is 5.31. The summed E-state index contributed by atoms with van der Waals surface area (Å²) in [6, 6.07) is 3.93. The third-order valence-electron chi connectivity index (χ3n) is 3.41. The summed E-state index contributed by atoms with van der Waals surface area (Å²) in [5, 5.41) is 6.86. The van der Waals surface area contributed by atoms with Crippen molar-refractivity contribution in [2.75, 3.05) is 32.7 Å². The van der Waals surface area contributed by atoms with Crippen molar-refractivity contribution in [1.82, 2.24) is 15.5 Å². The van der Waals surface area contributed by atoms with E-state index in [2.05, 4.69) is 29.4 Å². The Bertz CT molecular complexity index is 315. The average molecular weight is 237 g/mol. The topological polar surface area (TPSA) is 40.4 Å². The third kappa shape index (κ3) is 3.56. The van der Waals surface area contributed by atoms with Crippen LogP contribution in [0.15, 0.2) is 22.8 Å². The zero-order valence-electron chi connectivity index (χ0n) is 10.8. The van der Waals surface area contributed by atoms with E-state index in [4.69, 9.17) is 4.42 Å². The molecule has 4 nitrogen and oxygen atoms in total. The monoisotopic (exact) mass is 237 g/mol. The Balaban J connectivity index is 1.76. The van der Waals surface area contributed by atoms with Crippen LogP contribution in [0.25, 0.3) is 0 Å². The highest BCUT2D eigenvalue weighted by molar-refractivity contribution is 4.98. The molecule has 0 atom stereocenters. The molecule has 0 spiro atoms. The molecule has 1 saturated heterocycles. The molecule has 2 rings (SSSR count). The fraction of sp³-hybridized carbons (Fsp3) is 0.692. The van der Waals surface area contributed by atoms with Crippen molar-refractivity contribution in [3.05, 3.63) is 24.2 Å². The van der Waals surface area contributed by atoms with Crippen molar-refractivity contribution in [3.63, 3.8) is 0 Å². The van der Waals surface area contributed by atoms with Crippen LogP contribution in [0.3, 0.4) is 0 Å². The number of nitrogens with zero attached hydrogens (tertiary/aromatic N) is 1. The van der Waals surface area contributed by atoms with Gasteiger partial charge in [0, 0.05) is 38.3 Å². The number of nitrogens with one attached hydrogen (secondary N) is 2. The molecule has 1 aliphatic rings. The fourth-order valence-electron chi connectivity index (χ4n) is 2.29. The zero-order valence-corrected chi connectivity index (χ0v) is 10.8. The van der Waals surface area contributed by atoms with Crippen molar-refractivity contribution in [2.45, 2.75) is 25.9 Å². The van der Waals surface area contributed by atoms with Gasteiger partial charge in [-0.3, -0.25) is 4.90 Å². The molecule has 96 valence electrons. The average Bonchev–Trinajstić information content (AvgIpc) is 2.83. The van der Waals surface area contributed by atoms with Crippen LogP contribution in [0.4, 0.5) is 0 Å². The number of hydrogen-bond donors (Lipinski definition) is 2. The highest BCUT2D eigenvalue weighted by atomic mass is 16.3. The molecular weight excluding hydrogens is 214 g/mol. The van der Waals surface area contributed by atoms with Crippen LogP contribution in [-0.2, 0) is 6.54 Å². The van der Waals surface area contributed by atoms with Crippen LogP contribution < -0.4 is 10.6 Å². The summed E-state index contributed by atoms with van der Waals surface area (Å²) in [5.41, 5.74) is 0.203. The minimum atomic E-state index is 0.203. The van der Waals surface area contributed by atoms with Gasteiger partial charge in [-0.15, -0.1) is 0 Å². The highest BCUT2D eigenvalue weighted by Crippen LogP contribution is 2.14. The molecular formula is C13H23N3O. The Labute approximate surface area is 103 Å². The minimum Gasteiger partial charge on any atom is -0.468 e. The van der Waals surface area contributed by atoms with Gasteiger partial charge in [0.2, 0.25) is 0 Å². The third-order valence-corrected chi connectivity index (χ3v) is 3.41. The Morgan fingerprint density at radius 1 is 1.41 bits per heavy atom. The first-order chi connectivity index (χ1) is 8.18. The molecule has 2 N–H and O–H groups in total. The fourth-order valence-corrected chi connectivity index (χ4v) is 2.29. The lowest BCUT2D eigenvalue weighted by molar-refractivity contribution is 0.101. The van der Waals surface area contributed by atoms with Crippen LogP contribution >= 0.6 is 0 Å². The predicted octanol–water partition coefficient (Wildman–Crippen LogP) is 1.05. The van der Waals surface area contributed by atoms with E-state index < -0.39 is 0 Å². The van der Waals surface area contributed by atoms with E-state index >= 15 is 0 Å². The van der Waals surface area contributed by atoms with Gasteiger partial charge in [0.1, 0.15) is 5.76 Å². The largest absolute Gasteiger partial charge is 0.468 e. The Kier molecular flexibility index (Phi) is 4.20. The van der Waals surface area contributed by atoms with E-state index in [1.54, 1.807) is 6.26 Å². The van der Waals surface area contributed by atoms with Crippen LogP contribution in [0.5, 0.6) is 0 Å². The van der Waals surface area contributed by atoms with Crippen LogP contribution in [0.1, 0.15) is 19.6 Å². The Morgan fingerprint density at radius 2 is 2.18 bits per heavy atom. The molecule has 1 aromatic rings. The molecule has 4 heteroatoms. The molecule has 1 aromatic heterocycles. The van der Waals surface area contributed by atoms with Crippen molar-refractivity contribution in [3.8, 4) is 0 Å². The van der Waals surface area contributed by atoms with Gasteiger partial charge in [-0.2, -0.15) is 0 Å². The van der Waals surface area contributed by atoms with Crippen LogP contribution in [0, 0.1) is 0 Å². The van der Waals surface area contributed by atoms with Gasteiger partial charge in [-0.25, -0.2) is 0 Å². The van der Waals surface area contributed by atoms with Crippen molar-refractivity contribution in [1.29, 1.82) is 0 Å². The first kappa shape index (κ1) is 12.6. The van der Waals surface area contributed by atoms with Gasteiger partial charge in [-0.1, -0.05) is 0 Å². The second-order valence-electron chi connectivity index (χ2n) is 5.23. The van der Waals surface area contributed by atoms with Crippen LogP contribution in [-0.4, -0.2) is 43.2 Å². The lowest BCUT2D eigenvalue weighted by atomic mass is 10.0. The molecule has 0 radical (unpaired) electrons. The summed E-state index contributed by atoms with van der Waals surface area (Å²) >= 11 is 0. The SMILES string of the molecule is CC(C)(CNCc1ccco1)N1CCNCC1. The molecule has 0 aliphatic carbocycles. The minimum absolute atomic E-state index is 0.203. The van der Waals surface area contributed by atoms with Crippen LogP contribution in [0.2, 0.25) is 0 Å². The maximum Gasteiger partial charge on any atom is 0.117 e. The van der Waals surface area contributed by atoms with Gasteiger partial charge in [0.15, 0.2) is 0 Å². The molecule has 2 heterocycles. The highest BCUT2D eigenvalue weighted by Gasteiger charge is 2.27. The van der Waals surface area contributed by atoms with Gasteiger partial charge < -0.3 is 15.1 Å². The van der Waals surface area contributed by atoms with Crippen molar-refractivity contribution < 1.29 is 4.42 Å². The standard InChI is InChI=1S/C13H23N3O/c1-13(2,16-7-5-14-6-8-16)11-15-10-12-4-3-9-17-12/h3-4,9,14-15H,5-8,10-11H2,1-2H3. The lowest BCUT2D eigenvalue weighted by Crippen LogP contribution is -2.57. The van der Waals surface area contributed by atoms with E-state index in [0.29, 0.717) is 0 Å². The lowest BCUT2D eigenvalue weighted by Gasteiger charge is -2.41. The molecule has 0 saturated carbocycles. The normalized spacial score (nSPS) is 18.5. The second kappa shape index (κ2) is 5.67. The summed E-state index contributed by atoms with van der Waals surface area (Å²) in [6.45, 7) is 10.9. The number of hydrogen-bond acceptors (Lipinski definition) is 4. The van der Waals surface area contributed by atoms with Gasteiger partial charge in [0.05, 0.1) is 12.8 Å². The Morgan fingerprint density at radius 3 is 2.82 bits per heavy atom. The molecule has 0 aromatic carbocycles. The molecule has 1 aliphatic heterocycles. The molecule has 17 heavy (non-hydrogen) atoms. The summed E-state index contributed by atoms with van der Waals surface area (Å²) < 4.78 is 5.31. The van der Waals surface area contributed by atoms with Gasteiger partial charge in [0.25, 0.3) is 0 Å². The quantitative estimate of drug-likeness (QED) is 0.803. The number of furan rings is 1. The molecule has 0 bridgehead atoms. The van der Waals surface area contributed by atoms with Gasteiger partial charge >= 0.3 is 0 Å². The Hall–Kier alpha value is -0.840. The summed E-state index contributed by atoms with van der Waals surface area (Å²) in [7, 11) is 0. The first-order valence-corrected chi connectivity index (χ1v) is 6.37. The second-order valence-corrected chi connectivity index (χ2v) is 5.23. The zero-order chi connectivity index (χ0) is 12.1. The first-order valence-electron chi connectivity index (χ1n) is 6.37. The maximum absolute atomic E-state index is 5.31. The van der Waals surface area contributed by atoms with E-state index in [-0.39, 0.29) is 5.54 Å². The van der Waals surface area contributed by atoms with Crippen molar-refractivity contribution in [2.24, 2.45) is 0 Å². The summed E-state index contributed by atoms with van der Waals surface area (Å²) in [6.07, 6.45) is 1.72. The molecule has 0 unspecified atom stereocenters. The van der Waals surface area contributed by atoms with E-state index in [0.717, 1.165) is 45.0 Å². The summed E-state index contributed by atoms with van der Waals surface area (Å²) in [5.74, 6) is 1.00. The number of rotatable bonds is 5. The summed E-state index contributed by atoms with van der Waals surface area (Å²) in [4.78, 5) is 2.54. The van der Waals surface area contributed by atoms with Crippen molar-refractivity contribution >= 4 is 0 Å². The molecule has 1 fully saturated rings.